The third-order valence-electron chi connectivity index (χ3n) is 2.31. The maximum atomic E-state index is 11.4. The predicted octanol–water partition coefficient (Wildman–Crippen LogP) is 2.55. The number of rotatable bonds is 7. The number of esters is 2. The zero-order valence-electron chi connectivity index (χ0n) is 11.5. The van der Waals surface area contributed by atoms with Crippen LogP contribution in [0.1, 0.15) is 5.56 Å². The summed E-state index contributed by atoms with van der Waals surface area (Å²) in [6, 6.07) is 7.17. The molecule has 0 saturated heterocycles. The molecule has 0 atom stereocenters. The van der Waals surface area contributed by atoms with E-state index in [0.717, 1.165) is 11.3 Å². The molecule has 1 aromatic carbocycles. The van der Waals surface area contributed by atoms with Crippen LogP contribution in [0.2, 0.25) is 0 Å². The Morgan fingerprint density at radius 1 is 1.19 bits per heavy atom. The smallest absolute Gasteiger partial charge is 0.349 e. The molecule has 0 aliphatic carbocycles. The van der Waals surface area contributed by atoms with E-state index < -0.39 is 11.9 Å². The minimum atomic E-state index is -0.735. The molecule has 0 N–H and O–H groups in total. The molecule has 21 heavy (non-hydrogen) atoms. The average Bonchev–Trinajstić information content (AvgIpc) is 2.49. The van der Waals surface area contributed by atoms with Crippen LogP contribution in [0.4, 0.5) is 0 Å². The van der Waals surface area contributed by atoms with Crippen LogP contribution in [0.3, 0.4) is 0 Å². The minimum absolute atomic E-state index is 0.0539. The monoisotopic (exact) mass is 310 g/mol. The Morgan fingerprint density at radius 2 is 1.81 bits per heavy atom. The zero-order chi connectivity index (χ0) is 15.7. The van der Waals surface area contributed by atoms with Gasteiger partial charge in [0.1, 0.15) is 24.0 Å². The van der Waals surface area contributed by atoms with Crippen molar-refractivity contribution in [1.29, 1.82) is 0 Å². The Morgan fingerprint density at radius 3 is 2.38 bits per heavy atom. The second-order valence-electron chi connectivity index (χ2n) is 3.81. The molecule has 112 valence electrons. The molecule has 1 aromatic rings. The number of benzene rings is 1. The third-order valence-corrected chi connectivity index (χ3v) is 2.46. The first-order chi connectivity index (χ1) is 10.0. The Hall–Kier alpha value is -2.27. The van der Waals surface area contributed by atoms with E-state index in [9.17, 15) is 9.59 Å². The van der Waals surface area contributed by atoms with Gasteiger partial charge < -0.3 is 14.2 Å². The maximum absolute atomic E-state index is 11.4. The third kappa shape index (κ3) is 6.63. The van der Waals surface area contributed by atoms with E-state index in [1.807, 2.05) is 0 Å². The van der Waals surface area contributed by atoms with Gasteiger partial charge in [-0.15, -0.1) is 0 Å². The molecule has 0 heterocycles. The number of halogens is 1. The van der Waals surface area contributed by atoms with E-state index in [4.69, 9.17) is 21.1 Å². The molecule has 0 radical (unpaired) electrons. The van der Waals surface area contributed by atoms with E-state index in [1.54, 1.807) is 37.5 Å². The summed E-state index contributed by atoms with van der Waals surface area (Å²) in [5.41, 5.74) is 0.831. The Kier molecular flexibility index (Phi) is 7.04. The second-order valence-corrected chi connectivity index (χ2v) is 4.27. The van der Waals surface area contributed by atoms with Crippen LogP contribution in [0.5, 0.6) is 5.75 Å². The highest BCUT2D eigenvalue weighted by Gasteiger charge is 2.05. The van der Waals surface area contributed by atoms with Gasteiger partial charge >= 0.3 is 11.9 Å². The highest BCUT2D eigenvalue weighted by Crippen LogP contribution is 2.12. The SMILES string of the molecule is C=C(Cl)C(=O)OCCOC(=O)/C=C/c1ccc(OC)cc1. The summed E-state index contributed by atoms with van der Waals surface area (Å²) in [6.07, 6.45) is 2.89. The summed E-state index contributed by atoms with van der Waals surface area (Å²) in [6.45, 7) is 3.08. The lowest BCUT2D eigenvalue weighted by Crippen LogP contribution is -2.12. The van der Waals surface area contributed by atoms with Crippen molar-refractivity contribution in [3.63, 3.8) is 0 Å². The van der Waals surface area contributed by atoms with Crippen LogP contribution in [-0.2, 0) is 19.1 Å². The summed E-state index contributed by atoms with van der Waals surface area (Å²) in [4.78, 5) is 22.3. The number of methoxy groups -OCH3 is 1. The molecular formula is C15H15ClO5. The summed E-state index contributed by atoms with van der Waals surface area (Å²) >= 11 is 5.31. The van der Waals surface area contributed by atoms with Crippen LogP contribution in [-0.4, -0.2) is 32.3 Å². The van der Waals surface area contributed by atoms with Crippen molar-refractivity contribution < 1.29 is 23.8 Å². The van der Waals surface area contributed by atoms with Crippen molar-refractivity contribution in [2.24, 2.45) is 0 Å². The molecule has 0 amide bonds. The second kappa shape index (κ2) is 8.81. The maximum Gasteiger partial charge on any atom is 0.349 e. The number of hydrogen-bond acceptors (Lipinski definition) is 5. The van der Waals surface area contributed by atoms with Crippen LogP contribution >= 0.6 is 11.6 Å². The number of ether oxygens (including phenoxy) is 3. The molecule has 0 spiro atoms. The quantitative estimate of drug-likeness (QED) is 0.440. The van der Waals surface area contributed by atoms with E-state index >= 15 is 0 Å². The van der Waals surface area contributed by atoms with Gasteiger partial charge in [-0.2, -0.15) is 0 Å². The molecule has 0 aliphatic heterocycles. The van der Waals surface area contributed by atoms with Crippen LogP contribution in [0.15, 0.2) is 42.0 Å². The number of carbonyl (C=O) groups is 2. The molecule has 0 unspecified atom stereocenters. The molecule has 0 saturated carbocycles. The Bertz CT molecular complexity index is 533. The zero-order valence-corrected chi connectivity index (χ0v) is 12.3. The number of carbonyl (C=O) groups excluding carboxylic acids is 2. The van der Waals surface area contributed by atoms with Gasteiger partial charge in [-0.1, -0.05) is 30.3 Å². The van der Waals surface area contributed by atoms with Crippen LogP contribution < -0.4 is 4.74 Å². The molecule has 0 aromatic heterocycles. The van der Waals surface area contributed by atoms with E-state index in [-0.39, 0.29) is 18.2 Å². The molecule has 0 bridgehead atoms. The van der Waals surface area contributed by atoms with Crippen molar-refractivity contribution >= 4 is 29.6 Å². The van der Waals surface area contributed by atoms with Gasteiger partial charge in [0.05, 0.1) is 7.11 Å². The Labute approximate surface area is 127 Å². The van der Waals surface area contributed by atoms with Gasteiger partial charge in [0.15, 0.2) is 0 Å². The lowest BCUT2D eigenvalue weighted by Gasteiger charge is -2.03. The van der Waals surface area contributed by atoms with E-state index in [2.05, 4.69) is 11.3 Å². The van der Waals surface area contributed by atoms with Gasteiger partial charge in [-0.3, -0.25) is 0 Å². The Balaban J connectivity index is 2.31. The normalized spacial score (nSPS) is 10.2. The fraction of sp³-hybridized carbons (Fsp3) is 0.200. The van der Waals surface area contributed by atoms with Gasteiger partial charge in [0.25, 0.3) is 0 Å². The number of hydrogen-bond donors (Lipinski definition) is 0. The fourth-order valence-corrected chi connectivity index (χ4v) is 1.34. The first-order valence-electron chi connectivity index (χ1n) is 6.03. The fourth-order valence-electron chi connectivity index (χ4n) is 1.28. The molecule has 1 rings (SSSR count). The lowest BCUT2D eigenvalue weighted by atomic mass is 10.2. The summed E-state index contributed by atoms with van der Waals surface area (Å²) < 4.78 is 14.5. The lowest BCUT2D eigenvalue weighted by molar-refractivity contribution is -0.146. The highest BCUT2D eigenvalue weighted by atomic mass is 35.5. The first kappa shape index (κ1) is 16.8. The van der Waals surface area contributed by atoms with Crippen molar-refractivity contribution in [3.8, 4) is 5.75 Å². The van der Waals surface area contributed by atoms with Gasteiger partial charge in [-0.05, 0) is 23.8 Å². The van der Waals surface area contributed by atoms with Gasteiger partial charge in [-0.25, -0.2) is 9.59 Å². The van der Waals surface area contributed by atoms with Crippen LogP contribution in [0, 0.1) is 0 Å². The van der Waals surface area contributed by atoms with Gasteiger partial charge in [0, 0.05) is 6.08 Å². The molecular weight excluding hydrogens is 296 g/mol. The van der Waals surface area contributed by atoms with Crippen molar-refractivity contribution in [2.75, 3.05) is 20.3 Å². The molecule has 6 heteroatoms. The topological polar surface area (TPSA) is 61.8 Å². The first-order valence-corrected chi connectivity index (χ1v) is 6.41. The summed E-state index contributed by atoms with van der Waals surface area (Å²) in [5, 5.41) is -0.222. The largest absolute Gasteiger partial charge is 0.497 e. The summed E-state index contributed by atoms with van der Waals surface area (Å²) in [5.74, 6) is -0.537. The van der Waals surface area contributed by atoms with Gasteiger partial charge in [0.2, 0.25) is 0 Å². The minimum Gasteiger partial charge on any atom is -0.497 e. The van der Waals surface area contributed by atoms with Crippen molar-refractivity contribution in [1.82, 2.24) is 0 Å². The summed E-state index contributed by atoms with van der Waals surface area (Å²) in [7, 11) is 1.58. The predicted molar refractivity (Wildman–Crippen MR) is 78.9 cm³/mol. The molecule has 0 aliphatic rings. The highest BCUT2D eigenvalue weighted by molar-refractivity contribution is 6.40. The average molecular weight is 311 g/mol. The standard InChI is InChI=1S/C15H15ClO5/c1-11(16)15(18)21-10-9-20-14(17)8-5-12-3-6-13(19-2)7-4-12/h3-8H,1,9-10H2,2H3/b8-5+. The van der Waals surface area contributed by atoms with Crippen molar-refractivity contribution in [2.45, 2.75) is 0 Å². The van der Waals surface area contributed by atoms with E-state index in [1.165, 1.54) is 6.08 Å². The molecule has 0 fully saturated rings. The molecule has 5 nitrogen and oxygen atoms in total. The van der Waals surface area contributed by atoms with E-state index in [0.29, 0.717) is 0 Å². The van der Waals surface area contributed by atoms with Crippen molar-refractivity contribution in [3.05, 3.63) is 47.5 Å². The van der Waals surface area contributed by atoms with Crippen LogP contribution in [0.25, 0.3) is 6.08 Å².